The van der Waals surface area contributed by atoms with Crippen molar-refractivity contribution in [2.24, 2.45) is 0 Å². The topological polar surface area (TPSA) is 17.1 Å². The van der Waals surface area contributed by atoms with Gasteiger partial charge in [0, 0.05) is 0 Å². The molecule has 0 N–H and O–H groups in total. The fraction of sp³-hybridized carbons (Fsp3) is 0.750. The van der Waals surface area contributed by atoms with E-state index < -0.39 is 4.33 Å². The first-order valence-corrected chi connectivity index (χ1v) is 3.24. The number of Topliss-reactive ketones (excluding diaryl/α,β-unsaturated/α-hetero) is 1. The van der Waals surface area contributed by atoms with Crippen LogP contribution in [-0.4, -0.2) is 16.0 Å². The summed E-state index contributed by atoms with van der Waals surface area (Å²) in [6, 6.07) is 0. The van der Waals surface area contributed by atoms with Gasteiger partial charge in [-0.2, -0.15) is 0 Å². The van der Waals surface area contributed by atoms with Crippen molar-refractivity contribution in [1.29, 1.82) is 0 Å². The lowest BCUT2D eigenvalue weighted by Crippen LogP contribution is -2.22. The molecule has 0 radical (unpaired) electrons. The Morgan fingerprint density at radius 2 is 2.00 bits per heavy atom. The van der Waals surface area contributed by atoms with Crippen LogP contribution in [0.15, 0.2) is 0 Å². The van der Waals surface area contributed by atoms with Crippen LogP contribution in [0.5, 0.6) is 0 Å². The second-order valence-electron chi connectivity index (χ2n) is 1.45. The molecule has 0 aromatic rings. The Morgan fingerprint density at radius 3 is 2.00 bits per heavy atom. The van der Waals surface area contributed by atoms with Gasteiger partial charge in [-0.05, 0) is 6.92 Å². The van der Waals surface area contributed by atoms with Crippen LogP contribution in [0.25, 0.3) is 0 Å². The maximum Gasteiger partial charge on any atom is 0.183 e. The first kappa shape index (κ1) is 8.54. The molecule has 0 rings (SSSR count). The second-order valence-corrected chi connectivity index (χ2v) is 3.42. The third-order valence-corrected chi connectivity index (χ3v) is 1.28. The van der Waals surface area contributed by atoms with Crippen LogP contribution < -0.4 is 0 Å². The van der Waals surface area contributed by atoms with Crippen LogP contribution in [0, 0.1) is 0 Å². The van der Waals surface area contributed by atoms with Crippen molar-refractivity contribution in [3.63, 3.8) is 0 Å². The van der Waals surface area contributed by atoms with Crippen LogP contribution in [0.2, 0.25) is 0 Å². The van der Waals surface area contributed by atoms with Gasteiger partial charge in [0.15, 0.2) is 10.1 Å². The van der Waals surface area contributed by atoms with Crippen molar-refractivity contribution in [3.05, 3.63) is 0 Å². The molecule has 0 saturated carbocycles. The predicted octanol–water partition coefficient (Wildman–Crippen LogP) is 1.99. The molecule has 0 aromatic carbocycles. The van der Waals surface area contributed by atoms with E-state index in [0.29, 0.717) is 0 Å². The first-order chi connectivity index (χ1) is 3.48. The van der Waals surface area contributed by atoms with E-state index in [0.717, 1.165) is 0 Å². The Morgan fingerprint density at radius 1 is 1.62 bits per heavy atom. The summed E-state index contributed by atoms with van der Waals surface area (Å²) in [5.74, 6) is -0.508. The van der Waals surface area contributed by atoms with E-state index in [1.165, 1.54) is 6.92 Å². The van der Waals surface area contributed by atoms with Crippen molar-refractivity contribution in [2.75, 3.05) is 5.88 Å². The summed E-state index contributed by atoms with van der Waals surface area (Å²) in [6.45, 7) is 1.39. The smallest absolute Gasteiger partial charge is 0.183 e. The minimum Gasteiger partial charge on any atom is -0.295 e. The maximum atomic E-state index is 10.4. The molecule has 0 saturated heterocycles. The Labute approximate surface area is 62.9 Å². The van der Waals surface area contributed by atoms with Gasteiger partial charge in [-0.25, -0.2) is 0 Å². The fourth-order valence-corrected chi connectivity index (χ4v) is 0.655. The highest BCUT2D eigenvalue weighted by Gasteiger charge is 2.25. The van der Waals surface area contributed by atoms with Crippen molar-refractivity contribution in [1.82, 2.24) is 0 Å². The maximum absolute atomic E-state index is 10.4. The summed E-state index contributed by atoms with van der Waals surface area (Å²) in [6.07, 6.45) is 0. The number of alkyl halides is 3. The summed E-state index contributed by atoms with van der Waals surface area (Å²) in [5.41, 5.74) is 0. The number of hydrogen-bond acceptors (Lipinski definition) is 1. The minimum absolute atomic E-state index is 0.135. The lowest BCUT2D eigenvalue weighted by atomic mass is 10.3. The molecule has 0 bridgehead atoms. The van der Waals surface area contributed by atoms with Gasteiger partial charge in [0.25, 0.3) is 0 Å². The largest absolute Gasteiger partial charge is 0.295 e. The molecule has 0 fully saturated rings. The highest BCUT2D eigenvalue weighted by Crippen LogP contribution is 2.20. The second kappa shape index (κ2) is 2.90. The molecule has 48 valence electrons. The first-order valence-electron chi connectivity index (χ1n) is 1.95. The van der Waals surface area contributed by atoms with Gasteiger partial charge < -0.3 is 0 Å². The number of rotatable bonds is 2. The third-order valence-electron chi connectivity index (χ3n) is 0.611. The number of hydrogen-bond donors (Lipinski definition) is 0. The lowest BCUT2D eigenvalue weighted by Gasteiger charge is -2.07. The van der Waals surface area contributed by atoms with Gasteiger partial charge in [-0.15, -0.1) is 11.6 Å². The summed E-state index contributed by atoms with van der Waals surface area (Å²) in [4.78, 5) is 10.4. The summed E-state index contributed by atoms with van der Waals surface area (Å²) in [5, 5.41) is 0. The van der Waals surface area contributed by atoms with E-state index in [4.69, 9.17) is 34.8 Å². The molecule has 0 amide bonds. The van der Waals surface area contributed by atoms with Crippen LogP contribution in [0.1, 0.15) is 6.92 Å². The van der Waals surface area contributed by atoms with Gasteiger partial charge in [0.05, 0.1) is 5.88 Å². The quantitative estimate of drug-likeness (QED) is 0.587. The van der Waals surface area contributed by atoms with Crippen molar-refractivity contribution < 1.29 is 4.79 Å². The minimum atomic E-state index is -1.32. The number of carbonyl (C=O) groups is 1. The number of ketones is 1. The summed E-state index contributed by atoms with van der Waals surface area (Å²) >= 11 is 15.7. The van der Waals surface area contributed by atoms with Gasteiger partial charge in [0.1, 0.15) is 0 Å². The molecule has 0 atom stereocenters. The Kier molecular flexibility index (Phi) is 3.10. The molecule has 0 unspecified atom stereocenters. The molecule has 4 heteroatoms. The Hall–Kier alpha value is 0.540. The molecule has 0 aliphatic rings. The van der Waals surface area contributed by atoms with E-state index in [2.05, 4.69) is 0 Å². The van der Waals surface area contributed by atoms with Crippen molar-refractivity contribution >= 4 is 40.6 Å². The monoisotopic (exact) mass is 174 g/mol. The molecule has 8 heavy (non-hydrogen) atoms. The fourth-order valence-electron chi connectivity index (χ4n) is 0.117. The van der Waals surface area contributed by atoms with Crippen LogP contribution >= 0.6 is 34.8 Å². The Balaban J connectivity index is 3.82. The highest BCUT2D eigenvalue weighted by molar-refractivity contribution is 6.59. The molecule has 0 spiro atoms. The predicted molar refractivity (Wildman–Crippen MR) is 35.8 cm³/mol. The Bertz CT molecular complexity index is 93.9. The standard InChI is InChI=1S/C4H5Cl3O/c1-4(6,7)3(8)2-5/h2H2,1H3. The van der Waals surface area contributed by atoms with Crippen LogP contribution in [-0.2, 0) is 4.79 Å². The van der Waals surface area contributed by atoms with Gasteiger partial charge in [0.2, 0.25) is 0 Å². The molecule has 0 aliphatic heterocycles. The zero-order chi connectivity index (χ0) is 6.78. The average molecular weight is 175 g/mol. The van der Waals surface area contributed by atoms with Crippen molar-refractivity contribution in [3.8, 4) is 0 Å². The highest BCUT2D eigenvalue weighted by atomic mass is 35.5. The van der Waals surface area contributed by atoms with E-state index in [-0.39, 0.29) is 11.7 Å². The van der Waals surface area contributed by atoms with Gasteiger partial charge in [-0.3, -0.25) is 4.79 Å². The van der Waals surface area contributed by atoms with Gasteiger partial charge >= 0.3 is 0 Å². The molecule has 0 aromatic heterocycles. The van der Waals surface area contributed by atoms with Gasteiger partial charge in [-0.1, -0.05) is 23.2 Å². The lowest BCUT2D eigenvalue weighted by molar-refractivity contribution is -0.117. The number of halogens is 3. The van der Waals surface area contributed by atoms with E-state index in [1.807, 2.05) is 0 Å². The summed E-state index contributed by atoms with van der Waals surface area (Å²) in [7, 11) is 0. The number of carbonyl (C=O) groups excluding carboxylic acids is 1. The zero-order valence-electron chi connectivity index (χ0n) is 4.25. The molecule has 0 heterocycles. The summed E-state index contributed by atoms with van der Waals surface area (Å²) < 4.78 is -1.32. The zero-order valence-corrected chi connectivity index (χ0v) is 6.52. The molecular formula is C4H5Cl3O. The van der Waals surface area contributed by atoms with E-state index in [9.17, 15) is 4.79 Å². The SMILES string of the molecule is CC(Cl)(Cl)C(=O)CCl. The molecule has 1 nitrogen and oxygen atoms in total. The third kappa shape index (κ3) is 2.75. The average Bonchev–Trinajstić information content (AvgIpc) is 1.62. The van der Waals surface area contributed by atoms with Crippen molar-refractivity contribution in [2.45, 2.75) is 11.3 Å². The molecular weight excluding hydrogens is 170 g/mol. The van der Waals surface area contributed by atoms with E-state index >= 15 is 0 Å². The molecule has 0 aliphatic carbocycles. The normalized spacial score (nSPS) is 11.5. The van der Waals surface area contributed by atoms with Crippen LogP contribution in [0.3, 0.4) is 0 Å². The van der Waals surface area contributed by atoms with Crippen LogP contribution in [0.4, 0.5) is 0 Å². The van der Waals surface area contributed by atoms with E-state index in [1.54, 1.807) is 0 Å².